The van der Waals surface area contributed by atoms with Gasteiger partial charge in [-0.15, -0.1) is 0 Å². The first-order valence-electron chi connectivity index (χ1n) is 7.81. The summed E-state index contributed by atoms with van der Waals surface area (Å²) in [4.78, 5) is 36.2. The molecule has 0 radical (unpaired) electrons. The quantitative estimate of drug-likeness (QED) is 0.610. The summed E-state index contributed by atoms with van der Waals surface area (Å²) in [5, 5.41) is 0. The summed E-state index contributed by atoms with van der Waals surface area (Å²) in [6, 6.07) is 6.45. The number of ketones is 1. The van der Waals surface area contributed by atoms with Gasteiger partial charge in [0.15, 0.2) is 5.78 Å². The van der Waals surface area contributed by atoms with Crippen molar-refractivity contribution in [3.8, 4) is 5.75 Å². The number of benzene rings is 1. The van der Waals surface area contributed by atoms with E-state index < -0.39 is 11.9 Å². The SMILES string of the molecule is CC(=O)c1ccc(OCCCC(=O)N2CCC[C@@H]2C(N)=O)cc1. The van der Waals surface area contributed by atoms with Crippen LogP contribution in [0.2, 0.25) is 0 Å². The minimum atomic E-state index is -0.456. The molecule has 2 N–H and O–H groups in total. The highest BCUT2D eigenvalue weighted by Crippen LogP contribution is 2.18. The first-order chi connectivity index (χ1) is 11.0. The number of carbonyl (C=O) groups excluding carboxylic acids is 3. The van der Waals surface area contributed by atoms with Crippen LogP contribution in [-0.4, -0.2) is 41.7 Å². The normalized spacial score (nSPS) is 17.1. The summed E-state index contributed by atoms with van der Waals surface area (Å²) >= 11 is 0. The van der Waals surface area contributed by atoms with Crippen LogP contribution < -0.4 is 10.5 Å². The molecule has 23 heavy (non-hydrogen) atoms. The van der Waals surface area contributed by atoms with Gasteiger partial charge < -0.3 is 15.4 Å². The van der Waals surface area contributed by atoms with E-state index in [2.05, 4.69) is 0 Å². The predicted molar refractivity (Wildman–Crippen MR) is 85.1 cm³/mol. The van der Waals surface area contributed by atoms with Crippen molar-refractivity contribution in [3.05, 3.63) is 29.8 Å². The molecule has 124 valence electrons. The van der Waals surface area contributed by atoms with Crippen LogP contribution in [0.4, 0.5) is 0 Å². The summed E-state index contributed by atoms with van der Waals surface area (Å²) < 4.78 is 5.55. The Morgan fingerprint density at radius 3 is 2.57 bits per heavy atom. The number of rotatable bonds is 7. The second-order valence-corrected chi connectivity index (χ2v) is 5.68. The van der Waals surface area contributed by atoms with Gasteiger partial charge in [0.1, 0.15) is 11.8 Å². The molecule has 0 aliphatic carbocycles. The van der Waals surface area contributed by atoms with Crippen molar-refractivity contribution < 1.29 is 19.1 Å². The van der Waals surface area contributed by atoms with Crippen molar-refractivity contribution >= 4 is 17.6 Å². The van der Waals surface area contributed by atoms with Gasteiger partial charge in [0.25, 0.3) is 0 Å². The number of nitrogens with zero attached hydrogens (tertiary/aromatic N) is 1. The van der Waals surface area contributed by atoms with E-state index in [1.165, 1.54) is 6.92 Å². The average molecular weight is 318 g/mol. The van der Waals surface area contributed by atoms with Gasteiger partial charge in [-0.05, 0) is 50.5 Å². The number of hydrogen-bond donors (Lipinski definition) is 1. The lowest BCUT2D eigenvalue weighted by Gasteiger charge is -2.22. The van der Waals surface area contributed by atoms with Gasteiger partial charge in [0, 0.05) is 18.5 Å². The molecule has 0 spiro atoms. The molecule has 0 saturated carbocycles. The number of hydrogen-bond acceptors (Lipinski definition) is 4. The maximum absolute atomic E-state index is 12.1. The van der Waals surface area contributed by atoms with Crippen LogP contribution in [0.3, 0.4) is 0 Å². The third-order valence-electron chi connectivity index (χ3n) is 3.97. The van der Waals surface area contributed by atoms with Crippen molar-refractivity contribution in [1.29, 1.82) is 0 Å². The van der Waals surface area contributed by atoms with Crippen LogP contribution in [0, 0.1) is 0 Å². The summed E-state index contributed by atoms with van der Waals surface area (Å²) in [7, 11) is 0. The van der Waals surface area contributed by atoms with Gasteiger partial charge in [-0.25, -0.2) is 0 Å². The van der Waals surface area contributed by atoms with Crippen molar-refractivity contribution in [2.45, 2.75) is 38.6 Å². The molecule has 1 saturated heterocycles. The highest BCUT2D eigenvalue weighted by molar-refractivity contribution is 5.94. The second kappa shape index (κ2) is 7.76. The maximum Gasteiger partial charge on any atom is 0.240 e. The Balaban J connectivity index is 1.73. The molecule has 2 amide bonds. The largest absolute Gasteiger partial charge is 0.494 e. The molecule has 1 atom stereocenters. The molecule has 6 nitrogen and oxygen atoms in total. The van der Waals surface area contributed by atoms with Crippen LogP contribution in [0.1, 0.15) is 43.0 Å². The first kappa shape index (κ1) is 17.0. The zero-order chi connectivity index (χ0) is 16.8. The fourth-order valence-corrected chi connectivity index (χ4v) is 2.70. The van der Waals surface area contributed by atoms with Crippen molar-refractivity contribution in [1.82, 2.24) is 4.90 Å². The third kappa shape index (κ3) is 4.55. The Kier molecular flexibility index (Phi) is 5.73. The molecule has 0 aromatic heterocycles. The van der Waals surface area contributed by atoms with Crippen molar-refractivity contribution in [2.24, 2.45) is 5.73 Å². The van der Waals surface area contributed by atoms with E-state index in [4.69, 9.17) is 10.5 Å². The number of likely N-dealkylation sites (tertiary alicyclic amines) is 1. The number of nitrogens with two attached hydrogens (primary N) is 1. The minimum absolute atomic E-state index is 0.0109. The highest BCUT2D eigenvalue weighted by atomic mass is 16.5. The zero-order valence-corrected chi connectivity index (χ0v) is 13.3. The van der Waals surface area contributed by atoms with Crippen LogP contribution in [-0.2, 0) is 9.59 Å². The summed E-state index contributed by atoms with van der Waals surface area (Å²) in [5.74, 6) is 0.190. The molecule has 1 fully saturated rings. The van der Waals surface area contributed by atoms with Crippen molar-refractivity contribution in [3.63, 3.8) is 0 Å². The van der Waals surface area contributed by atoms with E-state index in [9.17, 15) is 14.4 Å². The van der Waals surface area contributed by atoms with Crippen LogP contribution in [0.5, 0.6) is 5.75 Å². The van der Waals surface area contributed by atoms with E-state index in [0.717, 1.165) is 6.42 Å². The van der Waals surface area contributed by atoms with Gasteiger partial charge in [0.2, 0.25) is 11.8 Å². The fourth-order valence-electron chi connectivity index (χ4n) is 2.70. The molecule has 2 rings (SSSR count). The standard InChI is InChI=1S/C17H22N2O4/c1-12(20)13-6-8-14(9-7-13)23-11-3-5-16(21)19-10-2-4-15(19)17(18)22/h6-9,15H,2-5,10-11H2,1H3,(H2,18,22)/t15-/m1/s1. The number of Topliss-reactive ketones (excluding diaryl/α,β-unsaturated/α-hetero) is 1. The van der Waals surface area contributed by atoms with E-state index in [-0.39, 0.29) is 11.7 Å². The Hall–Kier alpha value is -2.37. The number of amides is 2. The molecule has 1 aliphatic heterocycles. The molecule has 1 aliphatic rings. The Morgan fingerprint density at radius 2 is 1.96 bits per heavy atom. The number of primary amides is 1. The van der Waals surface area contributed by atoms with Gasteiger partial charge in [-0.1, -0.05) is 0 Å². The molecule has 1 aromatic carbocycles. The molecule has 0 unspecified atom stereocenters. The van der Waals surface area contributed by atoms with E-state index >= 15 is 0 Å². The summed E-state index contributed by atoms with van der Waals surface area (Å²) in [6.07, 6.45) is 2.36. The number of carbonyl (C=O) groups is 3. The predicted octanol–water partition coefficient (Wildman–Crippen LogP) is 1.52. The zero-order valence-electron chi connectivity index (χ0n) is 13.3. The monoisotopic (exact) mass is 318 g/mol. The van der Waals surface area contributed by atoms with Crippen LogP contribution >= 0.6 is 0 Å². The van der Waals surface area contributed by atoms with E-state index in [1.807, 2.05) is 0 Å². The molecule has 1 aromatic rings. The molecular formula is C17H22N2O4. The molecule has 1 heterocycles. The van der Waals surface area contributed by atoms with E-state index in [0.29, 0.717) is 43.7 Å². The highest BCUT2D eigenvalue weighted by Gasteiger charge is 2.31. The van der Waals surface area contributed by atoms with Gasteiger partial charge >= 0.3 is 0 Å². The van der Waals surface area contributed by atoms with Crippen molar-refractivity contribution in [2.75, 3.05) is 13.2 Å². The van der Waals surface area contributed by atoms with Gasteiger partial charge in [0.05, 0.1) is 6.61 Å². The minimum Gasteiger partial charge on any atom is -0.494 e. The topological polar surface area (TPSA) is 89.7 Å². The first-order valence-corrected chi connectivity index (χ1v) is 7.81. The maximum atomic E-state index is 12.1. The fraction of sp³-hybridized carbons (Fsp3) is 0.471. The lowest BCUT2D eigenvalue weighted by molar-refractivity contribution is -0.137. The van der Waals surface area contributed by atoms with E-state index in [1.54, 1.807) is 29.2 Å². The smallest absolute Gasteiger partial charge is 0.240 e. The Bertz CT molecular complexity index is 583. The number of ether oxygens (including phenoxy) is 1. The molecular weight excluding hydrogens is 296 g/mol. The van der Waals surface area contributed by atoms with Crippen LogP contribution in [0.25, 0.3) is 0 Å². The summed E-state index contributed by atoms with van der Waals surface area (Å²) in [6.45, 7) is 2.51. The average Bonchev–Trinajstić information content (AvgIpc) is 3.01. The summed E-state index contributed by atoms with van der Waals surface area (Å²) in [5.41, 5.74) is 5.95. The molecule has 0 bridgehead atoms. The van der Waals surface area contributed by atoms with Crippen LogP contribution in [0.15, 0.2) is 24.3 Å². The molecule has 6 heteroatoms. The third-order valence-corrected chi connectivity index (χ3v) is 3.97. The second-order valence-electron chi connectivity index (χ2n) is 5.68. The van der Waals surface area contributed by atoms with Gasteiger partial charge in [-0.2, -0.15) is 0 Å². The lowest BCUT2D eigenvalue weighted by Crippen LogP contribution is -2.43. The Labute approximate surface area is 135 Å². The van der Waals surface area contributed by atoms with Gasteiger partial charge in [-0.3, -0.25) is 14.4 Å². The lowest BCUT2D eigenvalue weighted by atomic mass is 10.1. The Morgan fingerprint density at radius 1 is 1.26 bits per heavy atom.